The van der Waals surface area contributed by atoms with E-state index in [4.69, 9.17) is 4.52 Å². The molecule has 3 heterocycles. The SMILES string of the molecule is O=C(c1ccno1)N1CC2CCNCC2C1. The van der Waals surface area contributed by atoms with Crippen molar-refractivity contribution >= 4 is 5.91 Å². The smallest absolute Gasteiger partial charge is 0.292 e. The average Bonchev–Trinajstić information content (AvgIpc) is 2.97. The van der Waals surface area contributed by atoms with Gasteiger partial charge in [-0.3, -0.25) is 4.79 Å². The number of fused-ring (bicyclic) bond motifs is 1. The van der Waals surface area contributed by atoms with Crippen LogP contribution in [0.2, 0.25) is 0 Å². The summed E-state index contributed by atoms with van der Waals surface area (Å²) in [7, 11) is 0. The largest absolute Gasteiger partial charge is 0.351 e. The van der Waals surface area contributed by atoms with E-state index in [2.05, 4.69) is 10.5 Å². The van der Waals surface area contributed by atoms with E-state index in [0.29, 0.717) is 17.6 Å². The van der Waals surface area contributed by atoms with Crippen molar-refractivity contribution in [1.82, 2.24) is 15.4 Å². The second-order valence-corrected chi connectivity index (χ2v) is 4.60. The molecule has 5 nitrogen and oxygen atoms in total. The van der Waals surface area contributed by atoms with Crippen molar-refractivity contribution in [3.63, 3.8) is 0 Å². The average molecular weight is 221 g/mol. The number of amides is 1. The number of aromatic nitrogens is 1. The molecule has 2 saturated heterocycles. The monoisotopic (exact) mass is 221 g/mol. The number of nitrogens with zero attached hydrogens (tertiary/aromatic N) is 2. The van der Waals surface area contributed by atoms with Gasteiger partial charge in [0.05, 0.1) is 6.20 Å². The summed E-state index contributed by atoms with van der Waals surface area (Å²) in [4.78, 5) is 13.9. The van der Waals surface area contributed by atoms with Crippen LogP contribution in [-0.2, 0) is 0 Å². The van der Waals surface area contributed by atoms with Gasteiger partial charge in [0.15, 0.2) is 0 Å². The van der Waals surface area contributed by atoms with Gasteiger partial charge < -0.3 is 14.7 Å². The number of likely N-dealkylation sites (tertiary alicyclic amines) is 1. The second-order valence-electron chi connectivity index (χ2n) is 4.60. The van der Waals surface area contributed by atoms with Gasteiger partial charge in [-0.05, 0) is 31.3 Å². The summed E-state index contributed by atoms with van der Waals surface area (Å²) in [6, 6.07) is 1.63. The maximum absolute atomic E-state index is 12.0. The molecule has 5 heteroatoms. The first-order chi connectivity index (χ1) is 7.84. The van der Waals surface area contributed by atoms with E-state index in [0.717, 1.165) is 26.2 Å². The highest BCUT2D eigenvalue weighted by atomic mass is 16.5. The predicted molar refractivity (Wildman–Crippen MR) is 56.9 cm³/mol. The molecule has 3 rings (SSSR count). The Balaban J connectivity index is 1.71. The van der Waals surface area contributed by atoms with E-state index in [9.17, 15) is 4.79 Å². The van der Waals surface area contributed by atoms with Crippen molar-refractivity contribution in [2.75, 3.05) is 26.2 Å². The molecule has 0 aliphatic carbocycles. The minimum Gasteiger partial charge on any atom is -0.351 e. The first-order valence-corrected chi connectivity index (χ1v) is 5.75. The van der Waals surface area contributed by atoms with Crippen LogP contribution in [0.15, 0.2) is 16.8 Å². The van der Waals surface area contributed by atoms with Gasteiger partial charge in [0.2, 0.25) is 5.76 Å². The van der Waals surface area contributed by atoms with E-state index in [1.807, 2.05) is 4.90 Å². The minimum absolute atomic E-state index is 0.0214. The van der Waals surface area contributed by atoms with Crippen LogP contribution in [0.4, 0.5) is 0 Å². The fourth-order valence-corrected chi connectivity index (χ4v) is 2.72. The zero-order chi connectivity index (χ0) is 11.0. The number of carbonyl (C=O) groups is 1. The van der Waals surface area contributed by atoms with Gasteiger partial charge in [-0.15, -0.1) is 0 Å². The van der Waals surface area contributed by atoms with E-state index in [1.165, 1.54) is 12.6 Å². The molecule has 0 saturated carbocycles. The maximum Gasteiger partial charge on any atom is 0.292 e. The second kappa shape index (κ2) is 3.90. The highest BCUT2D eigenvalue weighted by Crippen LogP contribution is 2.28. The lowest BCUT2D eigenvalue weighted by Crippen LogP contribution is -2.35. The Morgan fingerprint density at radius 2 is 2.38 bits per heavy atom. The highest BCUT2D eigenvalue weighted by Gasteiger charge is 2.37. The van der Waals surface area contributed by atoms with Crippen molar-refractivity contribution in [3.8, 4) is 0 Å². The van der Waals surface area contributed by atoms with Crippen LogP contribution in [0, 0.1) is 11.8 Å². The van der Waals surface area contributed by atoms with Crippen molar-refractivity contribution in [2.45, 2.75) is 6.42 Å². The van der Waals surface area contributed by atoms with Gasteiger partial charge in [-0.25, -0.2) is 0 Å². The Morgan fingerprint density at radius 1 is 1.50 bits per heavy atom. The topological polar surface area (TPSA) is 58.4 Å². The number of hydrogen-bond donors (Lipinski definition) is 1. The summed E-state index contributed by atoms with van der Waals surface area (Å²) in [5, 5.41) is 6.95. The molecule has 2 aliphatic rings. The van der Waals surface area contributed by atoms with Crippen LogP contribution in [-0.4, -0.2) is 42.1 Å². The zero-order valence-corrected chi connectivity index (χ0v) is 9.06. The molecule has 2 unspecified atom stereocenters. The summed E-state index contributed by atoms with van der Waals surface area (Å²) in [6.45, 7) is 3.82. The molecular weight excluding hydrogens is 206 g/mol. The standard InChI is InChI=1S/C11H15N3O2/c15-11(10-2-4-13-16-10)14-6-8-1-3-12-5-9(8)7-14/h2,4,8-9,12H,1,3,5-7H2. The first-order valence-electron chi connectivity index (χ1n) is 5.75. The maximum atomic E-state index is 12.0. The number of rotatable bonds is 1. The van der Waals surface area contributed by atoms with Crippen LogP contribution < -0.4 is 5.32 Å². The molecule has 86 valence electrons. The quantitative estimate of drug-likeness (QED) is 0.743. The van der Waals surface area contributed by atoms with Crippen molar-refractivity contribution in [3.05, 3.63) is 18.0 Å². The molecular formula is C11H15N3O2. The van der Waals surface area contributed by atoms with Crippen LogP contribution >= 0.6 is 0 Å². The van der Waals surface area contributed by atoms with Crippen LogP contribution in [0.3, 0.4) is 0 Å². The summed E-state index contributed by atoms with van der Waals surface area (Å²) in [5.74, 6) is 1.60. The van der Waals surface area contributed by atoms with E-state index < -0.39 is 0 Å². The normalized spacial score (nSPS) is 29.1. The molecule has 0 spiro atoms. The minimum atomic E-state index is -0.0214. The summed E-state index contributed by atoms with van der Waals surface area (Å²) in [5.41, 5.74) is 0. The lowest BCUT2D eigenvalue weighted by atomic mass is 9.90. The summed E-state index contributed by atoms with van der Waals surface area (Å²) < 4.78 is 4.90. The molecule has 1 aromatic rings. The van der Waals surface area contributed by atoms with Gasteiger partial charge >= 0.3 is 0 Å². The molecule has 1 aromatic heterocycles. The first kappa shape index (κ1) is 9.84. The molecule has 2 fully saturated rings. The fourth-order valence-electron chi connectivity index (χ4n) is 2.72. The molecule has 0 aromatic carbocycles. The molecule has 0 bridgehead atoms. The fraction of sp³-hybridized carbons (Fsp3) is 0.636. The van der Waals surface area contributed by atoms with Crippen LogP contribution in [0.1, 0.15) is 17.0 Å². The molecule has 2 aliphatic heterocycles. The Labute approximate surface area is 93.8 Å². The Hall–Kier alpha value is -1.36. The van der Waals surface area contributed by atoms with Gasteiger partial charge in [0.1, 0.15) is 0 Å². The Morgan fingerprint density at radius 3 is 3.12 bits per heavy atom. The van der Waals surface area contributed by atoms with Gasteiger partial charge in [-0.1, -0.05) is 5.16 Å². The van der Waals surface area contributed by atoms with Crippen molar-refractivity contribution < 1.29 is 9.32 Å². The zero-order valence-electron chi connectivity index (χ0n) is 9.06. The molecule has 2 atom stereocenters. The third-order valence-electron chi connectivity index (χ3n) is 3.61. The van der Waals surface area contributed by atoms with E-state index in [-0.39, 0.29) is 5.91 Å². The third-order valence-corrected chi connectivity index (χ3v) is 3.61. The van der Waals surface area contributed by atoms with E-state index in [1.54, 1.807) is 6.07 Å². The molecule has 16 heavy (non-hydrogen) atoms. The number of hydrogen-bond acceptors (Lipinski definition) is 4. The lowest BCUT2D eigenvalue weighted by molar-refractivity contribution is 0.0743. The van der Waals surface area contributed by atoms with Gasteiger partial charge in [-0.2, -0.15) is 0 Å². The van der Waals surface area contributed by atoms with Crippen molar-refractivity contribution in [1.29, 1.82) is 0 Å². The van der Waals surface area contributed by atoms with Crippen LogP contribution in [0.5, 0.6) is 0 Å². The lowest BCUT2D eigenvalue weighted by Gasteiger charge is -2.23. The molecule has 0 radical (unpaired) electrons. The molecule has 1 N–H and O–H groups in total. The Kier molecular flexibility index (Phi) is 2.40. The van der Waals surface area contributed by atoms with Crippen molar-refractivity contribution in [2.24, 2.45) is 11.8 Å². The number of piperidine rings is 1. The number of carbonyl (C=O) groups excluding carboxylic acids is 1. The van der Waals surface area contributed by atoms with E-state index >= 15 is 0 Å². The van der Waals surface area contributed by atoms with Gasteiger partial charge in [0.25, 0.3) is 5.91 Å². The summed E-state index contributed by atoms with van der Waals surface area (Å²) in [6.07, 6.45) is 2.68. The summed E-state index contributed by atoms with van der Waals surface area (Å²) >= 11 is 0. The van der Waals surface area contributed by atoms with Gasteiger partial charge in [0, 0.05) is 19.2 Å². The molecule has 1 amide bonds. The predicted octanol–water partition coefficient (Wildman–Crippen LogP) is 0.356. The Bertz CT molecular complexity index is 363. The highest BCUT2D eigenvalue weighted by molar-refractivity contribution is 5.91. The van der Waals surface area contributed by atoms with Crippen LogP contribution in [0.25, 0.3) is 0 Å². The number of nitrogens with one attached hydrogen (secondary N) is 1. The third kappa shape index (κ3) is 1.61.